The zero-order valence-corrected chi connectivity index (χ0v) is 10.7. The molecule has 100 valence electrons. The van der Waals surface area contributed by atoms with E-state index in [9.17, 15) is 13.6 Å². The second kappa shape index (κ2) is 5.50. The van der Waals surface area contributed by atoms with Gasteiger partial charge >= 0.3 is 6.55 Å². The molecule has 2 heterocycles. The molecule has 0 radical (unpaired) electrons. The predicted octanol–water partition coefficient (Wildman–Crippen LogP) is 3.23. The maximum atomic E-state index is 12.6. The van der Waals surface area contributed by atoms with Crippen LogP contribution in [0.2, 0.25) is 10.0 Å². The van der Waals surface area contributed by atoms with E-state index in [1.165, 1.54) is 12.3 Å². The Morgan fingerprint density at radius 2 is 2.16 bits per heavy atom. The molecule has 0 fully saturated rings. The molecular formula is C10H6Cl2F2N4O. The highest BCUT2D eigenvalue weighted by molar-refractivity contribution is 6.36. The third-order valence-electron chi connectivity index (χ3n) is 2.13. The second-order valence-electron chi connectivity index (χ2n) is 3.38. The first-order chi connectivity index (χ1) is 8.99. The van der Waals surface area contributed by atoms with Crippen LogP contribution in [0.4, 0.5) is 14.6 Å². The van der Waals surface area contributed by atoms with Gasteiger partial charge in [-0.2, -0.15) is 18.6 Å². The number of hydrogen-bond donors (Lipinski definition) is 1. The molecule has 0 saturated carbocycles. The number of hydrogen-bond acceptors (Lipinski definition) is 3. The summed E-state index contributed by atoms with van der Waals surface area (Å²) in [5, 5.41) is 6.04. The highest BCUT2D eigenvalue weighted by Gasteiger charge is 2.19. The van der Waals surface area contributed by atoms with Gasteiger partial charge < -0.3 is 5.32 Å². The minimum atomic E-state index is -2.91. The summed E-state index contributed by atoms with van der Waals surface area (Å²) >= 11 is 11.5. The van der Waals surface area contributed by atoms with Crippen LogP contribution in [0.15, 0.2) is 24.5 Å². The Balaban J connectivity index is 2.23. The summed E-state index contributed by atoms with van der Waals surface area (Å²) in [5.74, 6) is -0.771. The number of alkyl halides is 2. The van der Waals surface area contributed by atoms with Gasteiger partial charge in [-0.15, -0.1) is 0 Å². The molecule has 2 aromatic heterocycles. The molecule has 5 nitrogen and oxygen atoms in total. The molecule has 0 aliphatic heterocycles. The van der Waals surface area contributed by atoms with Gasteiger partial charge in [-0.25, -0.2) is 4.98 Å². The standard InChI is InChI=1S/C10H6Cl2F2N4O/c11-5-3-6(12)8(15-4-5)17-9(19)7-1-2-16-18(7)10(13)14/h1-4,10H,(H,15,17,19). The Hall–Kier alpha value is -1.73. The largest absolute Gasteiger partial charge is 0.333 e. The normalized spacial score (nSPS) is 10.8. The number of nitrogens with one attached hydrogen (secondary N) is 1. The van der Waals surface area contributed by atoms with Crippen molar-refractivity contribution in [2.45, 2.75) is 6.55 Å². The Bertz CT molecular complexity index is 617. The lowest BCUT2D eigenvalue weighted by Crippen LogP contribution is -2.19. The van der Waals surface area contributed by atoms with Crippen molar-refractivity contribution in [3.8, 4) is 0 Å². The molecule has 2 rings (SSSR count). The fraction of sp³-hybridized carbons (Fsp3) is 0.100. The van der Waals surface area contributed by atoms with Crippen LogP contribution in [0.3, 0.4) is 0 Å². The van der Waals surface area contributed by atoms with E-state index >= 15 is 0 Å². The van der Waals surface area contributed by atoms with Gasteiger partial charge in [-0.1, -0.05) is 23.2 Å². The number of carbonyl (C=O) groups is 1. The highest BCUT2D eigenvalue weighted by atomic mass is 35.5. The van der Waals surface area contributed by atoms with Crippen molar-refractivity contribution in [1.29, 1.82) is 0 Å². The van der Waals surface area contributed by atoms with Gasteiger partial charge in [-0.05, 0) is 12.1 Å². The maximum absolute atomic E-state index is 12.6. The zero-order chi connectivity index (χ0) is 14.0. The van der Waals surface area contributed by atoms with Crippen molar-refractivity contribution in [1.82, 2.24) is 14.8 Å². The van der Waals surface area contributed by atoms with E-state index in [2.05, 4.69) is 15.4 Å². The molecule has 1 amide bonds. The number of pyridine rings is 1. The summed E-state index contributed by atoms with van der Waals surface area (Å²) in [5.41, 5.74) is -0.303. The predicted molar refractivity (Wildman–Crippen MR) is 65.7 cm³/mol. The number of rotatable bonds is 3. The first-order valence-corrected chi connectivity index (χ1v) is 5.68. The van der Waals surface area contributed by atoms with Gasteiger partial charge in [-0.3, -0.25) is 4.79 Å². The van der Waals surface area contributed by atoms with Crippen LogP contribution in [0.25, 0.3) is 0 Å². The van der Waals surface area contributed by atoms with Crippen molar-refractivity contribution in [3.05, 3.63) is 40.3 Å². The van der Waals surface area contributed by atoms with Crippen molar-refractivity contribution >= 4 is 34.9 Å². The summed E-state index contributed by atoms with van der Waals surface area (Å²) in [6, 6.07) is 2.53. The minimum absolute atomic E-state index is 0.0260. The molecule has 1 N–H and O–H groups in total. The average molecular weight is 307 g/mol. The molecule has 0 atom stereocenters. The molecule has 0 aliphatic carbocycles. The van der Waals surface area contributed by atoms with E-state index in [1.54, 1.807) is 0 Å². The Morgan fingerprint density at radius 3 is 2.79 bits per heavy atom. The zero-order valence-electron chi connectivity index (χ0n) is 9.15. The van der Waals surface area contributed by atoms with Gasteiger partial charge in [0.2, 0.25) is 0 Å². The fourth-order valence-electron chi connectivity index (χ4n) is 1.33. The van der Waals surface area contributed by atoms with Crippen LogP contribution in [0.1, 0.15) is 17.0 Å². The van der Waals surface area contributed by atoms with E-state index in [0.29, 0.717) is 9.70 Å². The first-order valence-electron chi connectivity index (χ1n) is 4.93. The lowest BCUT2D eigenvalue weighted by molar-refractivity contribution is 0.0520. The summed E-state index contributed by atoms with van der Waals surface area (Å²) in [6.45, 7) is -2.91. The van der Waals surface area contributed by atoms with Crippen LogP contribution in [-0.4, -0.2) is 20.7 Å². The Labute approximate surface area is 116 Å². The topological polar surface area (TPSA) is 59.8 Å². The second-order valence-corrected chi connectivity index (χ2v) is 4.22. The van der Waals surface area contributed by atoms with Gasteiger partial charge in [0, 0.05) is 12.4 Å². The summed E-state index contributed by atoms with van der Waals surface area (Å²) in [6.07, 6.45) is 2.37. The van der Waals surface area contributed by atoms with Crippen LogP contribution in [-0.2, 0) is 0 Å². The summed E-state index contributed by atoms with van der Waals surface area (Å²) < 4.78 is 25.4. The van der Waals surface area contributed by atoms with Crippen molar-refractivity contribution in [2.75, 3.05) is 5.32 Å². The van der Waals surface area contributed by atoms with Crippen LogP contribution < -0.4 is 5.32 Å². The van der Waals surface area contributed by atoms with Crippen molar-refractivity contribution < 1.29 is 13.6 Å². The summed E-state index contributed by atoms with van der Waals surface area (Å²) in [7, 11) is 0. The SMILES string of the molecule is O=C(Nc1ncc(Cl)cc1Cl)c1ccnn1C(F)F. The number of amides is 1. The van der Waals surface area contributed by atoms with E-state index in [0.717, 1.165) is 12.3 Å². The molecule has 0 aliphatic rings. The summed E-state index contributed by atoms with van der Waals surface area (Å²) in [4.78, 5) is 15.6. The van der Waals surface area contributed by atoms with Gasteiger partial charge in [0.1, 0.15) is 5.69 Å². The highest BCUT2D eigenvalue weighted by Crippen LogP contribution is 2.23. The van der Waals surface area contributed by atoms with Crippen LogP contribution >= 0.6 is 23.2 Å². The van der Waals surface area contributed by atoms with E-state index in [-0.39, 0.29) is 16.5 Å². The molecule has 0 aromatic carbocycles. The molecular weight excluding hydrogens is 301 g/mol. The average Bonchev–Trinajstić information content (AvgIpc) is 2.82. The number of halogens is 4. The molecule has 2 aromatic rings. The third kappa shape index (κ3) is 2.99. The number of carbonyl (C=O) groups excluding carboxylic acids is 1. The monoisotopic (exact) mass is 306 g/mol. The Morgan fingerprint density at radius 1 is 1.42 bits per heavy atom. The van der Waals surface area contributed by atoms with E-state index < -0.39 is 12.5 Å². The van der Waals surface area contributed by atoms with E-state index in [4.69, 9.17) is 23.2 Å². The molecule has 0 unspecified atom stereocenters. The van der Waals surface area contributed by atoms with Gasteiger partial charge in [0.25, 0.3) is 5.91 Å². The lowest BCUT2D eigenvalue weighted by Gasteiger charge is -2.08. The number of anilines is 1. The lowest BCUT2D eigenvalue weighted by atomic mass is 10.4. The number of aromatic nitrogens is 3. The smallest absolute Gasteiger partial charge is 0.304 e. The van der Waals surface area contributed by atoms with Crippen LogP contribution in [0.5, 0.6) is 0 Å². The Kier molecular flexibility index (Phi) is 3.96. The number of nitrogens with zero attached hydrogens (tertiary/aromatic N) is 3. The maximum Gasteiger partial charge on any atom is 0.333 e. The molecule has 9 heteroatoms. The van der Waals surface area contributed by atoms with E-state index in [1.807, 2.05) is 0 Å². The molecule has 19 heavy (non-hydrogen) atoms. The molecule has 0 bridgehead atoms. The first kappa shape index (κ1) is 13.7. The molecule has 0 saturated heterocycles. The third-order valence-corrected chi connectivity index (χ3v) is 2.62. The minimum Gasteiger partial charge on any atom is -0.304 e. The fourth-order valence-corrected chi connectivity index (χ4v) is 1.76. The van der Waals surface area contributed by atoms with Crippen molar-refractivity contribution in [2.24, 2.45) is 0 Å². The van der Waals surface area contributed by atoms with Crippen molar-refractivity contribution in [3.63, 3.8) is 0 Å². The quantitative estimate of drug-likeness (QED) is 0.947. The molecule has 0 spiro atoms. The van der Waals surface area contributed by atoms with Crippen LogP contribution in [0, 0.1) is 0 Å². The van der Waals surface area contributed by atoms with Gasteiger partial charge in [0.15, 0.2) is 5.82 Å². The van der Waals surface area contributed by atoms with Gasteiger partial charge in [0.05, 0.1) is 10.0 Å².